The normalized spacial score (nSPS) is 37.6. The maximum Gasteiger partial charge on any atom is 0.246 e. The molecule has 1 saturated heterocycles. The second-order valence-corrected chi connectivity index (χ2v) is 12.6. The van der Waals surface area contributed by atoms with E-state index in [2.05, 4.69) is 11.0 Å². The van der Waals surface area contributed by atoms with Crippen LogP contribution in [0.4, 0.5) is 0 Å². The standard InChI is InChI=1S/C30H40N2O4/c1-31(25(34)12-9-19-5-3-2-4-6-19)22-13-14-30(35)24-17-21-10-11-23(33)27-26(21)29(30,28(22)36-27)15-16-32(24)18-20-7-8-20/h9-12,19-20,22,24,28,33,35H,2-8,13-18H2,1H3/b12-9+/t22-,24+,28+,29+,30-/m1/s1. The minimum absolute atomic E-state index is 0.0231. The largest absolute Gasteiger partial charge is 0.504 e. The number of carbonyl (C=O) groups is 1. The molecule has 2 aliphatic heterocycles. The van der Waals surface area contributed by atoms with Crippen LogP contribution >= 0.6 is 0 Å². The molecule has 3 saturated carbocycles. The molecular formula is C30H40N2O4. The Kier molecular flexibility index (Phi) is 5.28. The molecule has 1 amide bonds. The van der Waals surface area contributed by atoms with Crippen molar-refractivity contribution in [2.24, 2.45) is 11.8 Å². The molecule has 4 aliphatic carbocycles. The van der Waals surface area contributed by atoms with E-state index in [1.807, 2.05) is 18.0 Å². The summed E-state index contributed by atoms with van der Waals surface area (Å²) in [6.45, 7) is 2.01. The van der Waals surface area contributed by atoms with Crippen LogP contribution in [0.2, 0.25) is 0 Å². The van der Waals surface area contributed by atoms with Gasteiger partial charge in [-0.3, -0.25) is 9.69 Å². The number of benzene rings is 1. The number of hydrogen-bond donors (Lipinski definition) is 2. The number of phenols is 1. The highest BCUT2D eigenvalue weighted by molar-refractivity contribution is 5.87. The number of likely N-dealkylation sites (tertiary alicyclic amines) is 1. The van der Waals surface area contributed by atoms with Crippen LogP contribution in [0.15, 0.2) is 24.3 Å². The van der Waals surface area contributed by atoms with Gasteiger partial charge >= 0.3 is 0 Å². The van der Waals surface area contributed by atoms with Crippen molar-refractivity contribution < 1.29 is 19.7 Å². The van der Waals surface area contributed by atoms with Crippen molar-refractivity contribution in [3.63, 3.8) is 0 Å². The maximum absolute atomic E-state index is 13.4. The molecule has 1 aromatic rings. The van der Waals surface area contributed by atoms with E-state index in [1.165, 1.54) is 50.5 Å². The Hall–Kier alpha value is -2.05. The fourth-order valence-electron chi connectivity index (χ4n) is 8.68. The number of aromatic hydroxyl groups is 1. The number of nitrogens with zero attached hydrogens (tertiary/aromatic N) is 2. The van der Waals surface area contributed by atoms with E-state index in [0.29, 0.717) is 24.5 Å². The predicted molar refractivity (Wildman–Crippen MR) is 137 cm³/mol. The van der Waals surface area contributed by atoms with E-state index < -0.39 is 11.0 Å². The van der Waals surface area contributed by atoms with Crippen LogP contribution in [0.1, 0.15) is 75.3 Å². The number of piperidine rings is 1. The van der Waals surface area contributed by atoms with Gasteiger partial charge in [0.25, 0.3) is 0 Å². The van der Waals surface area contributed by atoms with Gasteiger partial charge in [-0.2, -0.15) is 0 Å². The summed E-state index contributed by atoms with van der Waals surface area (Å²) < 4.78 is 6.64. The highest BCUT2D eigenvalue weighted by Crippen LogP contribution is 2.66. The van der Waals surface area contributed by atoms with Gasteiger partial charge in [0.05, 0.1) is 17.1 Å². The predicted octanol–water partition coefficient (Wildman–Crippen LogP) is 3.92. The van der Waals surface area contributed by atoms with Gasteiger partial charge in [0, 0.05) is 25.2 Å². The Morgan fingerprint density at radius 2 is 1.97 bits per heavy atom. The van der Waals surface area contributed by atoms with E-state index >= 15 is 0 Å². The van der Waals surface area contributed by atoms with E-state index in [1.54, 1.807) is 12.1 Å². The number of carbonyl (C=O) groups excluding carboxylic acids is 1. The topological polar surface area (TPSA) is 73.2 Å². The average molecular weight is 493 g/mol. The first-order valence-electron chi connectivity index (χ1n) is 14.4. The Balaban J connectivity index is 1.23. The molecule has 1 spiro atoms. The van der Waals surface area contributed by atoms with Crippen molar-refractivity contribution in [2.75, 3.05) is 20.1 Å². The van der Waals surface area contributed by atoms with Crippen LogP contribution in [0.25, 0.3) is 0 Å². The molecule has 6 nitrogen and oxygen atoms in total. The van der Waals surface area contributed by atoms with E-state index in [4.69, 9.17) is 4.74 Å². The Morgan fingerprint density at radius 3 is 2.75 bits per heavy atom. The summed E-state index contributed by atoms with van der Waals surface area (Å²) in [4.78, 5) is 17.8. The lowest BCUT2D eigenvalue weighted by Crippen LogP contribution is -2.78. The Bertz CT molecular complexity index is 1090. The van der Waals surface area contributed by atoms with Crippen LogP contribution in [0.3, 0.4) is 0 Å². The third-order valence-corrected chi connectivity index (χ3v) is 10.7. The lowest BCUT2D eigenvalue weighted by molar-refractivity contribution is -0.200. The van der Waals surface area contributed by atoms with Crippen LogP contribution in [0, 0.1) is 11.8 Å². The fourth-order valence-corrected chi connectivity index (χ4v) is 8.68. The number of rotatable bonds is 5. The molecule has 6 heteroatoms. The van der Waals surface area contributed by atoms with Gasteiger partial charge < -0.3 is 19.8 Å². The molecule has 0 unspecified atom stereocenters. The van der Waals surface area contributed by atoms with Crippen LogP contribution < -0.4 is 4.74 Å². The fraction of sp³-hybridized carbons (Fsp3) is 0.700. The smallest absolute Gasteiger partial charge is 0.246 e. The highest BCUT2D eigenvalue weighted by atomic mass is 16.5. The van der Waals surface area contributed by atoms with Gasteiger partial charge in [-0.25, -0.2) is 0 Å². The second-order valence-electron chi connectivity index (χ2n) is 12.6. The summed E-state index contributed by atoms with van der Waals surface area (Å²) in [6, 6.07) is 3.72. The molecule has 36 heavy (non-hydrogen) atoms. The number of amides is 1. The van der Waals surface area contributed by atoms with E-state index in [9.17, 15) is 15.0 Å². The quantitative estimate of drug-likeness (QED) is 0.610. The summed E-state index contributed by atoms with van der Waals surface area (Å²) in [6.07, 6.45) is 15.3. The Morgan fingerprint density at radius 1 is 1.17 bits per heavy atom. The molecule has 4 fully saturated rings. The van der Waals surface area contributed by atoms with E-state index in [0.717, 1.165) is 37.4 Å². The maximum atomic E-state index is 13.4. The molecule has 2 N–H and O–H groups in total. The average Bonchev–Trinajstić information content (AvgIpc) is 3.63. The second kappa shape index (κ2) is 8.22. The molecule has 6 aliphatic rings. The summed E-state index contributed by atoms with van der Waals surface area (Å²) in [5.41, 5.74) is 0.743. The third-order valence-electron chi connectivity index (χ3n) is 10.7. The zero-order valence-corrected chi connectivity index (χ0v) is 21.5. The number of phenolic OH excluding ortho intramolecular Hbond substituents is 1. The molecule has 0 radical (unpaired) electrons. The minimum atomic E-state index is -0.908. The first kappa shape index (κ1) is 23.1. The van der Waals surface area contributed by atoms with Gasteiger partial charge in [-0.1, -0.05) is 31.4 Å². The van der Waals surface area contributed by atoms with Crippen molar-refractivity contribution >= 4 is 5.91 Å². The summed E-state index contributed by atoms with van der Waals surface area (Å²) >= 11 is 0. The van der Waals surface area contributed by atoms with Crippen molar-refractivity contribution in [3.8, 4) is 11.5 Å². The molecule has 0 aromatic heterocycles. The van der Waals surface area contributed by atoms with Gasteiger partial charge in [0.2, 0.25) is 5.91 Å². The molecule has 5 atom stereocenters. The first-order chi connectivity index (χ1) is 17.4. The van der Waals surface area contributed by atoms with Gasteiger partial charge in [0.1, 0.15) is 6.10 Å². The molecular weight excluding hydrogens is 452 g/mol. The summed E-state index contributed by atoms with van der Waals surface area (Å²) in [5, 5.41) is 23.4. The first-order valence-corrected chi connectivity index (χ1v) is 14.4. The molecule has 2 heterocycles. The number of hydrogen-bond acceptors (Lipinski definition) is 5. The van der Waals surface area contributed by atoms with Crippen LogP contribution in [-0.2, 0) is 16.6 Å². The number of likely N-dealkylation sites (N-methyl/N-ethyl adjacent to an activating group) is 1. The lowest BCUT2D eigenvalue weighted by Gasteiger charge is -2.64. The van der Waals surface area contributed by atoms with Crippen molar-refractivity contribution in [1.29, 1.82) is 0 Å². The lowest BCUT2D eigenvalue weighted by atomic mass is 9.48. The zero-order chi connectivity index (χ0) is 24.7. The van der Waals surface area contributed by atoms with Gasteiger partial charge in [0.15, 0.2) is 11.5 Å². The molecule has 194 valence electrons. The van der Waals surface area contributed by atoms with Gasteiger partial charge in [-0.05, 0) is 87.5 Å². The zero-order valence-electron chi connectivity index (χ0n) is 21.5. The minimum Gasteiger partial charge on any atom is -0.504 e. The van der Waals surface area contributed by atoms with Crippen molar-refractivity contribution in [1.82, 2.24) is 9.80 Å². The SMILES string of the molecule is CN(C(=O)/C=C/C1CCCCC1)[C@@H]1CC[C@@]2(O)[C@@H]3Cc4ccc(O)c5c4[C@@]2(CCN3CC2CC2)[C@H]1O5. The third kappa shape index (κ3) is 3.19. The van der Waals surface area contributed by atoms with Gasteiger partial charge in [-0.15, -0.1) is 0 Å². The van der Waals surface area contributed by atoms with Crippen molar-refractivity contribution in [3.05, 3.63) is 35.4 Å². The number of ether oxygens (including phenoxy) is 1. The summed E-state index contributed by atoms with van der Waals surface area (Å²) in [7, 11) is 1.90. The monoisotopic (exact) mass is 492 g/mol. The highest BCUT2D eigenvalue weighted by Gasteiger charge is 2.73. The summed E-state index contributed by atoms with van der Waals surface area (Å²) in [5.74, 6) is 2.01. The molecule has 7 rings (SSSR count). The van der Waals surface area contributed by atoms with E-state index in [-0.39, 0.29) is 29.8 Å². The van der Waals surface area contributed by atoms with Crippen LogP contribution in [-0.4, -0.2) is 69.8 Å². The van der Waals surface area contributed by atoms with Crippen molar-refractivity contribution in [2.45, 2.75) is 99.8 Å². The number of allylic oxidation sites excluding steroid dienone is 1. The van der Waals surface area contributed by atoms with Crippen LogP contribution in [0.5, 0.6) is 11.5 Å². The Labute approximate surface area is 214 Å². The molecule has 1 aromatic carbocycles. The molecule has 2 bridgehead atoms. The number of aliphatic hydroxyl groups is 1.